The molecule has 2 N–H and O–H groups in total. The standard InChI is InChI=1S/C41H43FN6O7Si/c1-26-38(56(3,4)42)37(20-21-46-24-35(44-45-46)33(25-49)28-8-6-5-7-9-28)55-41(26)34-22-31(48(52)53)16-19-36(34)47(40(41)51)23-27-10-14-30(15-11-27)43-39(50)29-12-17-32(54-2)18-13-29/h5-19,22,24,26,33,37-38,49H,20-21,23,25H2,1-4H3,(H,43,50)/t26-,33?,37+,38-,41+/m1/s1. The zero-order chi connectivity index (χ0) is 39.8. The Morgan fingerprint density at radius 3 is 2.45 bits per heavy atom. The maximum atomic E-state index is 16.5. The zero-order valence-corrected chi connectivity index (χ0v) is 32.5. The lowest BCUT2D eigenvalue weighted by atomic mass is 9.82. The summed E-state index contributed by atoms with van der Waals surface area (Å²) in [6.45, 7) is 5.26. The number of carbonyl (C=O) groups excluding carboxylic acids is 2. The molecule has 5 aromatic rings. The van der Waals surface area contributed by atoms with Gasteiger partial charge in [0, 0.05) is 53.1 Å². The largest absolute Gasteiger partial charge is 0.497 e. The van der Waals surface area contributed by atoms with Gasteiger partial charge in [-0.15, -0.1) is 5.10 Å². The second-order valence-electron chi connectivity index (χ2n) is 14.8. The van der Waals surface area contributed by atoms with E-state index in [-0.39, 0.29) is 30.7 Å². The third kappa shape index (κ3) is 7.20. The second-order valence-corrected chi connectivity index (χ2v) is 18.6. The second kappa shape index (κ2) is 15.4. The number of nitrogens with one attached hydrogen (secondary N) is 1. The molecule has 7 rings (SSSR count). The molecule has 2 amide bonds. The average molecular weight is 779 g/mol. The number of aliphatic hydroxyl groups is 1. The van der Waals surface area contributed by atoms with Crippen LogP contribution in [0.1, 0.15) is 52.0 Å². The van der Waals surface area contributed by atoms with Crippen LogP contribution in [0, 0.1) is 16.0 Å². The highest BCUT2D eigenvalue weighted by molar-refractivity contribution is 6.72. The molecule has 4 aromatic carbocycles. The summed E-state index contributed by atoms with van der Waals surface area (Å²) in [5.41, 5.74) is 1.53. The van der Waals surface area contributed by atoms with Crippen LogP contribution in [-0.4, -0.2) is 65.1 Å². The number of fused-ring (bicyclic) bond motifs is 2. The number of methoxy groups -OCH3 is 1. The number of nitro benzene ring substituents is 1. The molecule has 0 radical (unpaired) electrons. The number of halogens is 1. The van der Waals surface area contributed by atoms with Crippen molar-refractivity contribution < 1.29 is 33.2 Å². The van der Waals surface area contributed by atoms with Gasteiger partial charge in [-0.05, 0) is 73.1 Å². The molecule has 13 nitrogen and oxygen atoms in total. The summed E-state index contributed by atoms with van der Waals surface area (Å²) in [5.74, 6) is -1.10. The van der Waals surface area contributed by atoms with Gasteiger partial charge in [-0.1, -0.05) is 54.6 Å². The number of rotatable bonds is 13. The quantitative estimate of drug-likeness (QED) is 0.0556. The Hall–Kier alpha value is -5.77. The van der Waals surface area contributed by atoms with Crippen LogP contribution < -0.4 is 15.0 Å². The first-order chi connectivity index (χ1) is 26.8. The van der Waals surface area contributed by atoms with Crippen LogP contribution in [0.15, 0.2) is 103 Å². The molecule has 1 aromatic heterocycles. The number of ether oxygens (including phenoxy) is 2. The molecule has 1 spiro atoms. The van der Waals surface area contributed by atoms with E-state index < -0.39 is 42.4 Å². The van der Waals surface area contributed by atoms with Gasteiger partial charge in [0.15, 0.2) is 5.60 Å². The third-order valence-corrected chi connectivity index (χ3v) is 13.5. The molecule has 0 bridgehead atoms. The van der Waals surface area contributed by atoms with Crippen molar-refractivity contribution in [2.75, 3.05) is 23.9 Å². The minimum Gasteiger partial charge on any atom is -0.497 e. The maximum absolute atomic E-state index is 16.5. The molecule has 290 valence electrons. The van der Waals surface area contributed by atoms with Gasteiger partial charge < -0.3 is 28.9 Å². The van der Waals surface area contributed by atoms with Gasteiger partial charge in [0.2, 0.25) is 8.41 Å². The van der Waals surface area contributed by atoms with Crippen molar-refractivity contribution >= 4 is 37.3 Å². The number of nitro groups is 1. The van der Waals surface area contributed by atoms with Crippen molar-refractivity contribution in [2.24, 2.45) is 5.92 Å². The van der Waals surface area contributed by atoms with Gasteiger partial charge in [0.25, 0.3) is 17.5 Å². The number of aliphatic hydroxyl groups excluding tert-OH is 1. The molecular weight excluding hydrogens is 736 g/mol. The lowest BCUT2D eigenvalue weighted by Crippen LogP contribution is -2.45. The van der Waals surface area contributed by atoms with Crippen LogP contribution in [0.4, 0.5) is 21.2 Å². The van der Waals surface area contributed by atoms with Crippen molar-refractivity contribution in [3.8, 4) is 5.75 Å². The van der Waals surface area contributed by atoms with Crippen molar-refractivity contribution in [3.63, 3.8) is 0 Å². The van der Waals surface area contributed by atoms with E-state index in [1.54, 1.807) is 90.6 Å². The van der Waals surface area contributed by atoms with Gasteiger partial charge in [-0.2, -0.15) is 0 Å². The highest BCUT2D eigenvalue weighted by Crippen LogP contribution is 2.60. The Morgan fingerprint density at radius 1 is 1.09 bits per heavy atom. The molecule has 56 heavy (non-hydrogen) atoms. The first kappa shape index (κ1) is 38.5. The molecule has 1 saturated heterocycles. The van der Waals surface area contributed by atoms with Crippen molar-refractivity contribution in [1.82, 2.24) is 15.0 Å². The van der Waals surface area contributed by atoms with Crippen LogP contribution in [0.25, 0.3) is 0 Å². The number of anilines is 2. The normalized spacial score (nSPS) is 20.9. The van der Waals surface area contributed by atoms with Gasteiger partial charge in [0.1, 0.15) is 5.75 Å². The molecule has 3 heterocycles. The van der Waals surface area contributed by atoms with E-state index in [0.29, 0.717) is 46.9 Å². The molecular formula is C41H43FN6O7Si. The molecule has 1 fully saturated rings. The first-order valence-electron chi connectivity index (χ1n) is 18.4. The predicted octanol–water partition coefficient (Wildman–Crippen LogP) is 6.98. The number of aryl methyl sites for hydroxylation is 1. The Bertz CT molecular complexity index is 2230. The number of amides is 2. The summed E-state index contributed by atoms with van der Waals surface area (Å²) in [6.07, 6.45) is 1.35. The van der Waals surface area contributed by atoms with Crippen LogP contribution in [-0.2, 0) is 28.2 Å². The number of nitrogens with zero attached hydrogens (tertiary/aromatic N) is 5. The molecule has 0 aliphatic carbocycles. The van der Waals surface area contributed by atoms with E-state index in [1.807, 2.05) is 37.3 Å². The number of benzene rings is 4. The van der Waals surface area contributed by atoms with Crippen LogP contribution in [0.5, 0.6) is 5.75 Å². The SMILES string of the molecule is COc1ccc(C(=O)Nc2ccc(CN3C(=O)[C@@]4(O[C@@H](CCn5cc(C(CO)c6ccccc6)nn5)[C@H]([Si](C)(C)F)[C@H]4C)c4cc([N+](=O)[O-])ccc43)cc2)cc1. The van der Waals surface area contributed by atoms with E-state index >= 15 is 4.11 Å². The predicted molar refractivity (Wildman–Crippen MR) is 210 cm³/mol. The highest BCUT2D eigenvalue weighted by atomic mass is 28.4. The van der Waals surface area contributed by atoms with Crippen molar-refractivity contribution in [2.45, 2.75) is 62.7 Å². The van der Waals surface area contributed by atoms with Crippen molar-refractivity contribution in [3.05, 3.63) is 141 Å². The summed E-state index contributed by atoms with van der Waals surface area (Å²) in [7, 11) is -1.97. The molecule has 5 atom stereocenters. The summed E-state index contributed by atoms with van der Waals surface area (Å²) >= 11 is 0. The fourth-order valence-electron chi connectivity index (χ4n) is 8.29. The molecule has 2 aliphatic rings. The summed E-state index contributed by atoms with van der Waals surface area (Å²) in [6, 6.07) is 27.6. The number of non-ortho nitro benzene ring substituents is 1. The Balaban J connectivity index is 1.14. The van der Waals surface area contributed by atoms with Gasteiger partial charge in [0.05, 0.1) is 48.6 Å². The topological polar surface area (TPSA) is 162 Å². The maximum Gasteiger partial charge on any atom is 0.269 e. The van der Waals surface area contributed by atoms with Gasteiger partial charge >= 0.3 is 0 Å². The van der Waals surface area contributed by atoms with Gasteiger partial charge in [-0.25, -0.2) is 0 Å². The van der Waals surface area contributed by atoms with Crippen molar-refractivity contribution in [1.29, 1.82) is 0 Å². The van der Waals surface area contributed by atoms with E-state index in [2.05, 4.69) is 15.6 Å². The fourth-order valence-corrected chi connectivity index (χ4v) is 10.8. The number of aromatic nitrogens is 3. The van der Waals surface area contributed by atoms with E-state index in [9.17, 15) is 24.8 Å². The summed E-state index contributed by atoms with van der Waals surface area (Å²) in [5, 5.41) is 33.7. The van der Waals surface area contributed by atoms with E-state index in [4.69, 9.17) is 9.47 Å². The smallest absolute Gasteiger partial charge is 0.269 e. The molecule has 2 aliphatic heterocycles. The fraction of sp³-hybridized carbons (Fsp3) is 0.317. The zero-order valence-electron chi connectivity index (χ0n) is 31.5. The van der Waals surface area contributed by atoms with Gasteiger partial charge in [-0.3, -0.25) is 24.4 Å². The number of carbonyl (C=O) groups is 2. The number of hydrogen-bond acceptors (Lipinski definition) is 9. The van der Waals surface area contributed by atoms with Crippen LogP contribution in [0.2, 0.25) is 18.6 Å². The lowest BCUT2D eigenvalue weighted by Gasteiger charge is -2.31. The molecule has 0 saturated carbocycles. The minimum atomic E-state index is -3.53. The molecule has 15 heteroatoms. The lowest BCUT2D eigenvalue weighted by molar-refractivity contribution is -0.385. The van der Waals surface area contributed by atoms with E-state index in [0.717, 1.165) is 11.1 Å². The van der Waals surface area contributed by atoms with Crippen LogP contribution >= 0.6 is 0 Å². The highest BCUT2D eigenvalue weighted by Gasteiger charge is 2.66. The summed E-state index contributed by atoms with van der Waals surface area (Å²) in [4.78, 5) is 40.7. The number of hydrogen-bond donors (Lipinski definition) is 2. The average Bonchev–Trinajstić information content (AvgIpc) is 3.85. The first-order valence-corrected chi connectivity index (χ1v) is 21.4. The van der Waals surface area contributed by atoms with Crippen LogP contribution in [0.3, 0.4) is 0 Å². The van der Waals surface area contributed by atoms with E-state index in [1.165, 1.54) is 12.1 Å². The summed E-state index contributed by atoms with van der Waals surface area (Å²) < 4.78 is 30.1. The third-order valence-electron chi connectivity index (χ3n) is 11.0. The Morgan fingerprint density at radius 2 is 1.80 bits per heavy atom. The molecule has 1 unspecified atom stereocenters. The monoisotopic (exact) mass is 778 g/mol. The Labute approximate surface area is 324 Å². The minimum absolute atomic E-state index is 0.106. The Kier molecular flexibility index (Phi) is 10.6.